The number of pyridine rings is 1. The van der Waals surface area contributed by atoms with E-state index in [1.807, 2.05) is 0 Å². The average Bonchev–Trinajstić information content (AvgIpc) is 2.41. The summed E-state index contributed by atoms with van der Waals surface area (Å²) in [6, 6.07) is 7.91. The van der Waals surface area contributed by atoms with E-state index in [9.17, 15) is 8.42 Å². The molecule has 0 spiro atoms. The van der Waals surface area contributed by atoms with E-state index in [1.165, 1.54) is 18.5 Å². The number of rotatable bonds is 4. The van der Waals surface area contributed by atoms with Gasteiger partial charge in [0, 0.05) is 29.0 Å². The third-order valence-electron chi connectivity index (χ3n) is 2.41. The summed E-state index contributed by atoms with van der Waals surface area (Å²) in [5.74, 6) is 0. The van der Waals surface area contributed by atoms with Gasteiger partial charge in [0.15, 0.2) is 0 Å². The number of benzene rings is 1. The second kappa shape index (κ2) is 5.88. The van der Waals surface area contributed by atoms with Gasteiger partial charge in [0.25, 0.3) is 0 Å². The molecule has 0 aliphatic carbocycles. The second-order valence-corrected chi connectivity index (χ2v) is 6.36. The number of hydrogen-bond donors (Lipinski definition) is 1. The van der Waals surface area contributed by atoms with Crippen LogP contribution in [0.3, 0.4) is 0 Å². The van der Waals surface area contributed by atoms with Gasteiger partial charge in [-0.3, -0.25) is 4.98 Å². The molecule has 0 bridgehead atoms. The Balaban J connectivity index is 2.17. The number of sulfonamides is 1. The molecular formula is C12H10Cl2N2O2S. The third kappa shape index (κ3) is 3.67. The molecule has 2 aromatic rings. The Kier molecular flexibility index (Phi) is 4.42. The monoisotopic (exact) mass is 316 g/mol. The predicted octanol–water partition coefficient (Wildman–Crippen LogP) is 2.87. The molecule has 0 atom stereocenters. The Hall–Kier alpha value is -1.14. The number of aromatic nitrogens is 1. The average molecular weight is 317 g/mol. The summed E-state index contributed by atoms with van der Waals surface area (Å²) in [5.41, 5.74) is 0.613. The van der Waals surface area contributed by atoms with Crippen molar-refractivity contribution in [3.05, 3.63) is 58.3 Å². The first-order valence-corrected chi connectivity index (χ1v) is 7.56. The van der Waals surface area contributed by atoms with Gasteiger partial charge in [-0.05, 0) is 35.9 Å². The van der Waals surface area contributed by atoms with Crippen molar-refractivity contribution in [2.75, 3.05) is 0 Å². The maximum absolute atomic E-state index is 12.0. The minimum Gasteiger partial charge on any atom is -0.263 e. The predicted molar refractivity (Wildman–Crippen MR) is 74.7 cm³/mol. The van der Waals surface area contributed by atoms with Crippen LogP contribution < -0.4 is 4.72 Å². The molecule has 0 radical (unpaired) electrons. The molecule has 0 aliphatic heterocycles. The maximum Gasteiger partial charge on any atom is 0.242 e. The highest BCUT2D eigenvalue weighted by Crippen LogP contribution is 2.21. The van der Waals surface area contributed by atoms with Gasteiger partial charge in [-0.25, -0.2) is 13.1 Å². The highest BCUT2D eigenvalue weighted by Gasteiger charge is 2.14. The number of nitrogens with zero attached hydrogens (tertiary/aromatic N) is 1. The van der Waals surface area contributed by atoms with E-state index >= 15 is 0 Å². The molecular weight excluding hydrogens is 307 g/mol. The molecule has 1 N–H and O–H groups in total. The normalized spacial score (nSPS) is 11.5. The molecule has 0 aliphatic rings. The van der Waals surface area contributed by atoms with Crippen LogP contribution in [0.25, 0.3) is 0 Å². The molecule has 19 heavy (non-hydrogen) atoms. The zero-order valence-corrected chi connectivity index (χ0v) is 12.0. The molecule has 2 rings (SSSR count). The highest BCUT2D eigenvalue weighted by molar-refractivity contribution is 7.89. The summed E-state index contributed by atoms with van der Waals surface area (Å²) in [6.07, 6.45) is 2.79. The van der Waals surface area contributed by atoms with Crippen LogP contribution >= 0.6 is 23.2 Å². The van der Waals surface area contributed by atoms with Crippen molar-refractivity contribution in [2.45, 2.75) is 11.4 Å². The van der Waals surface area contributed by atoms with E-state index in [4.69, 9.17) is 23.2 Å². The van der Waals surface area contributed by atoms with E-state index < -0.39 is 10.0 Å². The summed E-state index contributed by atoms with van der Waals surface area (Å²) < 4.78 is 26.4. The molecule has 1 aromatic carbocycles. The fourth-order valence-electron chi connectivity index (χ4n) is 1.44. The molecule has 0 saturated heterocycles. The maximum atomic E-state index is 12.0. The van der Waals surface area contributed by atoms with Gasteiger partial charge in [-0.15, -0.1) is 0 Å². The lowest BCUT2D eigenvalue weighted by atomic mass is 10.2. The molecule has 0 fully saturated rings. The van der Waals surface area contributed by atoms with Gasteiger partial charge in [0.1, 0.15) is 4.90 Å². The van der Waals surface area contributed by atoms with Crippen molar-refractivity contribution < 1.29 is 8.42 Å². The van der Waals surface area contributed by atoms with Crippen molar-refractivity contribution in [3.8, 4) is 0 Å². The molecule has 100 valence electrons. The van der Waals surface area contributed by atoms with Gasteiger partial charge in [-0.2, -0.15) is 0 Å². The molecule has 0 unspecified atom stereocenters. The standard InChI is InChI=1S/C12H10Cl2N2O2S/c13-10-3-4-12(14)9(6-10)7-16-19(17,18)11-2-1-5-15-8-11/h1-6,8,16H,7H2. The van der Waals surface area contributed by atoms with Crippen LogP contribution in [0, 0.1) is 0 Å². The largest absolute Gasteiger partial charge is 0.263 e. The van der Waals surface area contributed by atoms with E-state index in [0.717, 1.165) is 0 Å². The van der Waals surface area contributed by atoms with Crippen LogP contribution in [0.1, 0.15) is 5.56 Å². The third-order valence-corrected chi connectivity index (χ3v) is 4.40. The van der Waals surface area contributed by atoms with Crippen molar-refractivity contribution in [3.63, 3.8) is 0 Å². The first kappa shape index (κ1) is 14.3. The topological polar surface area (TPSA) is 59.1 Å². The Morgan fingerprint density at radius 1 is 1.21 bits per heavy atom. The number of hydrogen-bond acceptors (Lipinski definition) is 3. The van der Waals surface area contributed by atoms with Crippen LogP contribution in [-0.2, 0) is 16.6 Å². The van der Waals surface area contributed by atoms with E-state index in [0.29, 0.717) is 15.6 Å². The van der Waals surface area contributed by atoms with Gasteiger partial charge in [0.05, 0.1) is 0 Å². The van der Waals surface area contributed by atoms with Crippen molar-refractivity contribution in [1.29, 1.82) is 0 Å². The summed E-state index contributed by atoms with van der Waals surface area (Å²) in [5, 5.41) is 0.957. The second-order valence-electron chi connectivity index (χ2n) is 3.75. The number of nitrogens with one attached hydrogen (secondary N) is 1. The van der Waals surface area contributed by atoms with Crippen LogP contribution in [-0.4, -0.2) is 13.4 Å². The van der Waals surface area contributed by atoms with Crippen LogP contribution in [0.4, 0.5) is 0 Å². The van der Waals surface area contributed by atoms with E-state index in [2.05, 4.69) is 9.71 Å². The van der Waals surface area contributed by atoms with Crippen LogP contribution in [0.5, 0.6) is 0 Å². The lowest BCUT2D eigenvalue weighted by Crippen LogP contribution is -2.23. The van der Waals surface area contributed by atoms with Gasteiger partial charge < -0.3 is 0 Å². The molecule has 4 nitrogen and oxygen atoms in total. The van der Waals surface area contributed by atoms with Gasteiger partial charge in [-0.1, -0.05) is 23.2 Å². The van der Waals surface area contributed by atoms with Crippen molar-refractivity contribution in [2.24, 2.45) is 0 Å². The molecule has 1 heterocycles. The van der Waals surface area contributed by atoms with E-state index in [-0.39, 0.29) is 11.4 Å². The molecule has 0 amide bonds. The minimum absolute atomic E-state index is 0.0661. The molecule has 7 heteroatoms. The number of halogens is 2. The summed E-state index contributed by atoms with van der Waals surface area (Å²) >= 11 is 11.8. The molecule has 0 saturated carbocycles. The minimum atomic E-state index is -3.60. The van der Waals surface area contributed by atoms with Crippen molar-refractivity contribution in [1.82, 2.24) is 9.71 Å². The summed E-state index contributed by atoms with van der Waals surface area (Å²) in [6.45, 7) is 0.0661. The first-order valence-electron chi connectivity index (χ1n) is 5.33. The van der Waals surface area contributed by atoms with Gasteiger partial charge in [0.2, 0.25) is 10.0 Å². The SMILES string of the molecule is O=S(=O)(NCc1cc(Cl)ccc1Cl)c1cccnc1. The fraction of sp³-hybridized carbons (Fsp3) is 0.0833. The lowest BCUT2D eigenvalue weighted by molar-refractivity contribution is 0.581. The lowest BCUT2D eigenvalue weighted by Gasteiger charge is -2.08. The summed E-state index contributed by atoms with van der Waals surface area (Å²) in [4.78, 5) is 3.88. The van der Waals surface area contributed by atoms with E-state index in [1.54, 1.807) is 24.3 Å². The Labute approximate surface area is 121 Å². The molecule has 1 aromatic heterocycles. The van der Waals surface area contributed by atoms with Crippen LogP contribution in [0.15, 0.2) is 47.6 Å². The Bertz CT molecular complexity index is 675. The van der Waals surface area contributed by atoms with Crippen molar-refractivity contribution >= 4 is 33.2 Å². The summed E-state index contributed by atoms with van der Waals surface area (Å²) in [7, 11) is -3.60. The Morgan fingerprint density at radius 2 is 2.00 bits per heavy atom. The smallest absolute Gasteiger partial charge is 0.242 e. The first-order chi connectivity index (χ1) is 8.99. The van der Waals surface area contributed by atoms with Crippen LogP contribution in [0.2, 0.25) is 10.0 Å². The fourth-order valence-corrected chi connectivity index (χ4v) is 2.79. The quantitative estimate of drug-likeness (QED) is 0.943. The highest BCUT2D eigenvalue weighted by atomic mass is 35.5. The van der Waals surface area contributed by atoms with Gasteiger partial charge >= 0.3 is 0 Å². The zero-order valence-electron chi connectivity index (χ0n) is 9.68. The Morgan fingerprint density at radius 3 is 2.68 bits per heavy atom. The zero-order chi connectivity index (χ0) is 13.9.